The third-order valence-corrected chi connectivity index (χ3v) is 7.64. The second kappa shape index (κ2) is 7.76. The fraction of sp³-hybridized carbons (Fsp3) is 0.571. The standard InChI is InChI=1S/C21H29N3O2S/c1-2-3-13-23(18-12-14-27(25,26)16-18)15-20-19-10-7-11-21(19)24(22-20)17-8-5-4-6-9-17/h4-6,8-9,18H,2-3,7,10-16H2,1H3. The molecule has 0 amide bonds. The lowest BCUT2D eigenvalue weighted by Crippen LogP contribution is -2.36. The van der Waals surface area contributed by atoms with Gasteiger partial charge in [0.2, 0.25) is 0 Å². The van der Waals surface area contributed by atoms with Crippen LogP contribution in [-0.2, 0) is 29.2 Å². The van der Waals surface area contributed by atoms with Crippen LogP contribution in [0.5, 0.6) is 0 Å². The molecule has 1 fully saturated rings. The Kier molecular flexibility index (Phi) is 5.37. The topological polar surface area (TPSA) is 55.2 Å². The molecule has 0 N–H and O–H groups in total. The van der Waals surface area contributed by atoms with E-state index in [4.69, 9.17) is 5.10 Å². The molecule has 4 rings (SSSR count). The Bertz CT molecular complexity index is 890. The van der Waals surface area contributed by atoms with Crippen LogP contribution in [0.15, 0.2) is 30.3 Å². The first-order chi connectivity index (χ1) is 13.1. The van der Waals surface area contributed by atoms with Crippen molar-refractivity contribution in [3.63, 3.8) is 0 Å². The van der Waals surface area contributed by atoms with E-state index in [0.717, 1.165) is 56.6 Å². The number of hydrogen-bond donors (Lipinski definition) is 0. The van der Waals surface area contributed by atoms with Crippen LogP contribution in [-0.4, -0.2) is 47.2 Å². The fourth-order valence-electron chi connectivity index (χ4n) is 4.43. The maximum Gasteiger partial charge on any atom is 0.151 e. The fourth-order valence-corrected chi connectivity index (χ4v) is 6.19. The third kappa shape index (κ3) is 3.97. The van der Waals surface area contributed by atoms with Crippen molar-refractivity contribution in [1.29, 1.82) is 0 Å². The predicted molar refractivity (Wildman–Crippen MR) is 108 cm³/mol. The van der Waals surface area contributed by atoms with Gasteiger partial charge in [0.05, 0.1) is 22.9 Å². The molecule has 2 aromatic rings. The van der Waals surface area contributed by atoms with E-state index in [-0.39, 0.29) is 6.04 Å². The number of para-hydroxylation sites is 1. The van der Waals surface area contributed by atoms with Gasteiger partial charge in [0.15, 0.2) is 9.84 Å². The molecule has 6 heteroatoms. The normalized spacial score (nSPS) is 21.0. The van der Waals surface area contributed by atoms with E-state index in [1.54, 1.807) is 0 Å². The minimum absolute atomic E-state index is 0.139. The predicted octanol–water partition coefficient (Wildman–Crippen LogP) is 3.15. The van der Waals surface area contributed by atoms with E-state index < -0.39 is 9.84 Å². The molecule has 27 heavy (non-hydrogen) atoms. The summed E-state index contributed by atoms with van der Waals surface area (Å²) in [5.41, 5.74) is 4.99. The van der Waals surface area contributed by atoms with Crippen molar-refractivity contribution >= 4 is 9.84 Å². The summed E-state index contributed by atoms with van der Waals surface area (Å²) < 4.78 is 26.1. The van der Waals surface area contributed by atoms with Gasteiger partial charge in [-0.15, -0.1) is 0 Å². The molecular weight excluding hydrogens is 358 g/mol. The van der Waals surface area contributed by atoms with E-state index >= 15 is 0 Å². The number of unbranched alkanes of at least 4 members (excludes halogenated alkanes) is 1. The largest absolute Gasteiger partial charge is 0.293 e. The van der Waals surface area contributed by atoms with Gasteiger partial charge >= 0.3 is 0 Å². The Hall–Kier alpha value is -1.66. The summed E-state index contributed by atoms with van der Waals surface area (Å²) in [5, 5.41) is 4.98. The lowest BCUT2D eigenvalue weighted by atomic mass is 10.1. The van der Waals surface area contributed by atoms with Gasteiger partial charge in [-0.1, -0.05) is 31.5 Å². The van der Waals surface area contributed by atoms with Crippen molar-refractivity contribution < 1.29 is 8.42 Å². The summed E-state index contributed by atoms with van der Waals surface area (Å²) >= 11 is 0. The molecule has 0 saturated carbocycles. The zero-order valence-electron chi connectivity index (χ0n) is 16.1. The van der Waals surface area contributed by atoms with Gasteiger partial charge in [-0.3, -0.25) is 4.90 Å². The minimum atomic E-state index is -2.87. The molecule has 1 atom stereocenters. The second-order valence-electron chi connectivity index (χ2n) is 7.85. The molecule has 0 spiro atoms. The summed E-state index contributed by atoms with van der Waals surface area (Å²) in [5.74, 6) is 0.634. The first kappa shape index (κ1) is 18.7. The van der Waals surface area contributed by atoms with Crippen LogP contribution in [0.4, 0.5) is 0 Å². The van der Waals surface area contributed by atoms with Crippen LogP contribution in [0.2, 0.25) is 0 Å². The lowest BCUT2D eigenvalue weighted by molar-refractivity contribution is 0.197. The van der Waals surface area contributed by atoms with Crippen LogP contribution >= 0.6 is 0 Å². The first-order valence-corrected chi connectivity index (χ1v) is 12.0. The van der Waals surface area contributed by atoms with Gasteiger partial charge < -0.3 is 0 Å². The smallest absolute Gasteiger partial charge is 0.151 e. The van der Waals surface area contributed by atoms with Gasteiger partial charge in [0.25, 0.3) is 0 Å². The lowest BCUT2D eigenvalue weighted by Gasteiger charge is -2.27. The highest BCUT2D eigenvalue weighted by Gasteiger charge is 2.33. The summed E-state index contributed by atoms with van der Waals surface area (Å²) in [4.78, 5) is 2.38. The van der Waals surface area contributed by atoms with Gasteiger partial charge in [0, 0.05) is 18.3 Å². The van der Waals surface area contributed by atoms with Crippen LogP contribution in [0.3, 0.4) is 0 Å². The third-order valence-electron chi connectivity index (χ3n) is 5.89. The van der Waals surface area contributed by atoms with Crippen molar-refractivity contribution in [2.24, 2.45) is 0 Å². The van der Waals surface area contributed by atoms with Crippen molar-refractivity contribution in [2.45, 2.75) is 58.0 Å². The number of nitrogens with zero attached hydrogens (tertiary/aromatic N) is 3. The van der Waals surface area contributed by atoms with Crippen LogP contribution < -0.4 is 0 Å². The quantitative estimate of drug-likeness (QED) is 0.732. The second-order valence-corrected chi connectivity index (χ2v) is 10.1. The van der Waals surface area contributed by atoms with E-state index in [2.05, 4.69) is 40.8 Å². The highest BCUT2D eigenvalue weighted by atomic mass is 32.2. The first-order valence-electron chi connectivity index (χ1n) is 10.2. The molecule has 1 aromatic carbocycles. The minimum Gasteiger partial charge on any atom is -0.293 e. The number of benzene rings is 1. The molecule has 1 aromatic heterocycles. The molecule has 146 valence electrons. The number of rotatable bonds is 7. The number of aromatic nitrogens is 2. The summed E-state index contributed by atoms with van der Waals surface area (Å²) in [6.07, 6.45) is 6.31. The molecule has 2 aliphatic rings. The Morgan fingerprint density at radius 3 is 2.74 bits per heavy atom. The van der Waals surface area contributed by atoms with Crippen LogP contribution in [0.1, 0.15) is 49.6 Å². The maximum atomic E-state index is 12.0. The number of hydrogen-bond acceptors (Lipinski definition) is 4. The van der Waals surface area contributed by atoms with Crippen LogP contribution in [0, 0.1) is 0 Å². The van der Waals surface area contributed by atoms with Crippen molar-refractivity contribution in [3.05, 3.63) is 47.3 Å². The average Bonchev–Trinajstić information content (AvgIpc) is 3.35. The molecule has 1 aliphatic carbocycles. The summed E-state index contributed by atoms with van der Waals surface area (Å²) in [6.45, 7) is 3.90. The number of sulfone groups is 1. The summed E-state index contributed by atoms with van der Waals surface area (Å²) in [6, 6.07) is 10.5. The Morgan fingerprint density at radius 1 is 1.22 bits per heavy atom. The monoisotopic (exact) mass is 387 g/mol. The Labute approximate surface area is 162 Å². The van der Waals surface area contributed by atoms with Crippen LogP contribution in [0.25, 0.3) is 5.69 Å². The maximum absolute atomic E-state index is 12.0. The van der Waals surface area contributed by atoms with Crippen molar-refractivity contribution in [3.8, 4) is 5.69 Å². The molecule has 5 nitrogen and oxygen atoms in total. The molecule has 1 aliphatic heterocycles. The van der Waals surface area contributed by atoms with Gasteiger partial charge in [-0.05, 0) is 56.3 Å². The zero-order valence-corrected chi connectivity index (χ0v) is 16.9. The highest BCUT2D eigenvalue weighted by molar-refractivity contribution is 7.91. The summed E-state index contributed by atoms with van der Waals surface area (Å²) in [7, 11) is -2.87. The highest BCUT2D eigenvalue weighted by Crippen LogP contribution is 2.30. The van der Waals surface area contributed by atoms with E-state index in [1.165, 1.54) is 17.7 Å². The van der Waals surface area contributed by atoms with Gasteiger partial charge in [0.1, 0.15) is 0 Å². The van der Waals surface area contributed by atoms with E-state index in [0.29, 0.717) is 11.5 Å². The molecule has 0 bridgehead atoms. The van der Waals surface area contributed by atoms with Gasteiger partial charge in [-0.2, -0.15) is 5.10 Å². The van der Waals surface area contributed by atoms with Gasteiger partial charge in [-0.25, -0.2) is 13.1 Å². The van der Waals surface area contributed by atoms with E-state index in [9.17, 15) is 8.42 Å². The molecule has 0 radical (unpaired) electrons. The zero-order chi connectivity index (χ0) is 18.9. The SMILES string of the molecule is CCCCN(Cc1nn(-c2ccccc2)c2c1CCC2)C1CCS(=O)(=O)C1. The van der Waals surface area contributed by atoms with Crippen molar-refractivity contribution in [1.82, 2.24) is 14.7 Å². The molecular formula is C21H29N3O2S. The van der Waals surface area contributed by atoms with Crippen molar-refractivity contribution in [2.75, 3.05) is 18.1 Å². The number of fused-ring (bicyclic) bond motifs is 1. The van der Waals surface area contributed by atoms with E-state index in [1.807, 2.05) is 6.07 Å². The molecule has 1 unspecified atom stereocenters. The molecule has 2 heterocycles. The average molecular weight is 388 g/mol. The Balaban J connectivity index is 1.62. The molecule has 1 saturated heterocycles. The Morgan fingerprint density at radius 2 is 2.04 bits per heavy atom.